The van der Waals surface area contributed by atoms with Crippen LogP contribution < -0.4 is 5.32 Å². The molecule has 2 heteroatoms. The van der Waals surface area contributed by atoms with E-state index in [9.17, 15) is 0 Å². The highest BCUT2D eigenvalue weighted by molar-refractivity contribution is 4.93. The first-order chi connectivity index (χ1) is 9.65. The number of nitrogens with one attached hydrogen (secondary N) is 1. The van der Waals surface area contributed by atoms with Crippen LogP contribution in [0.5, 0.6) is 0 Å². The Hall–Kier alpha value is -0.0800. The van der Waals surface area contributed by atoms with Gasteiger partial charge in [0.2, 0.25) is 0 Å². The van der Waals surface area contributed by atoms with Crippen LogP contribution in [0.25, 0.3) is 0 Å². The summed E-state index contributed by atoms with van der Waals surface area (Å²) in [6.07, 6.45) is 8.95. The van der Waals surface area contributed by atoms with Crippen LogP contribution in [0.15, 0.2) is 0 Å². The first kappa shape index (κ1) is 16.3. The molecule has 5 unspecified atom stereocenters. The predicted octanol–water partition coefficient (Wildman–Crippen LogP) is 4.24. The lowest BCUT2D eigenvalue weighted by atomic mass is 9.81. The standard InChI is InChI=1S/C18H35NO/c1-5-9-19-17(18(13(3)4)20-6-2)12-16-11-14-7-8-15(16)10-14/h13-19H,5-12H2,1-4H3. The van der Waals surface area contributed by atoms with Gasteiger partial charge in [0, 0.05) is 12.6 Å². The Morgan fingerprint density at radius 1 is 1.15 bits per heavy atom. The van der Waals surface area contributed by atoms with Crippen molar-refractivity contribution in [3.05, 3.63) is 0 Å². The van der Waals surface area contributed by atoms with Gasteiger partial charge in [-0.05, 0) is 69.2 Å². The van der Waals surface area contributed by atoms with Crippen molar-refractivity contribution in [2.45, 2.75) is 78.4 Å². The summed E-state index contributed by atoms with van der Waals surface area (Å²) in [4.78, 5) is 0. The summed E-state index contributed by atoms with van der Waals surface area (Å²) in [5.74, 6) is 3.65. The molecule has 0 aromatic carbocycles. The monoisotopic (exact) mass is 281 g/mol. The Balaban J connectivity index is 1.94. The zero-order valence-corrected chi connectivity index (χ0v) is 14.0. The van der Waals surface area contributed by atoms with Gasteiger partial charge in [0.1, 0.15) is 0 Å². The third kappa shape index (κ3) is 3.98. The zero-order chi connectivity index (χ0) is 14.5. The zero-order valence-electron chi connectivity index (χ0n) is 14.0. The van der Waals surface area contributed by atoms with Gasteiger partial charge in [0.05, 0.1) is 6.10 Å². The van der Waals surface area contributed by atoms with E-state index in [1.807, 2.05) is 0 Å². The second-order valence-electron chi connectivity index (χ2n) is 7.40. The predicted molar refractivity (Wildman–Crippen MR) is 85.9 cm³/mol. The van der Waals surface area contributed by atoms with Crippen molar-refractivity contribution in [3.63, 3.8) is 0 Å². The fraction of sp³-hybridized carbons (Fsp3) is 1.00. The molecule has 0 saturated heterocycles. The molecule has 2 aliphatic rings. The third-order valence-corrected chi connectivity index (χ3v) is 5.51. The first-order valence-corrected chi connectivity index (χ1v) is 9.00. The summed E-state index contributed by atoms with van der Waals surface area (Å²) in [5.41, 5.74) is 0. The van der Waals surface area contributed by atoms with Gasteiger partial charge in [-0.25, -0.2) is 0 Å². The molecule has 0 heterocycles. The number of ether oxygens (including phenoxy) is 1. The van der Waals surface area contributed by atoms with Crippen molar-refractivity contribution < 1.29 is 4.74 Å². The van der Waals surface area contributed by atoms with E-state index in [1.165, 1.54) is 38.5 Å². The van der Waals surface area contributed by atoms with Gasteiger partial charge in [-0.1, -0.05) is 27.2 Å². The van der Waals surface area contributed by atoms with Crippen LogP contribution in [0.4, 0.5) is 0 Å². The van der Waals surface area contributed by atoms with Crippen LogP contribution in [0.2, 0.25) is 0 Å². The Morgan fingerprint density at radius 2 is 1.95 bits per heavy atom. The molecule has 0 aliphatic heterocycles. The molecule has 2 nitrogen and oxygen atoms in total. The van der Waals surface area contributed by atoms with Gasteiger partial charge in [0.15, 0.2) is 0 Å². The van der Waals surface area contributed by atoms with Crippen molar-refractivity contribution in [1.29, 1.82) is 0 Å². The van der Waals surface area contributed by atoms with Crippen LogP contribution in [-0.2, 0) is 4.74 Å². The van der Waals surface area contributed by atoms with E-state index in [0.29, 0.717) is 18.1 Å². The topological polar surface area (TPSA) is 21.3 Å². The average Bonchev–Trinajstić information content (AvgIpc) is 3.03. The van der Waals surface area contributed by atoms with Crippen LogP contribution >= 0.6 is 0 Å². The Morgan fingerprint density at radius 3 is 2.45 bits per heavy atom. The van der Waals surface area contributed by atoms with Crippen molar-refractivity contribution in [2.75, 3.05) is 13.2 Å². The van der Waals surface area contributed by atoms with Crippen LogP contribution in [0.1, 0.15) is 66.2 Å². The Kier molecular flexibility index (Phi) is 6.35. The highest BCUT2D eigenvalue weighted by Crippen LogP contribution is 2.50. The van der Waals surface area contributed by atoms with Gasteiger partial charge in [-0.2, -0.15) is 0 Å². The number of hydrogen-bond acceptors (Lipinski definition) is 2. The molecule has 0 radical (unpaired) electrons. The minimum Gasteiger partial charge on any atom is -0.377 e. The molecular formula is C18H35NO. The number of fused-ring (bicyclic) bond motifs is 2. The molecule has 2 fully saturated rings. The van der Waals surface area contributed by atoms with E-state index in [2.05, 4.69) is 33.0 Å². The first-order valence-electron chi connectivity index (χ1n) is 9.00. The molecule has 5 atom stereocenters. The number of rotatable bonds is 9. The van der Waals surface area contributed by atoms with Crippen molar-refractivity contribution in [3.8, 4) is 0 Å². The maximum absolute atomic E-state index is 6.09. The second kappa shape index (κ2) is 7.79. The fourth-order valence-electron chi connectivity index (χ4n) is 4.62. The minimum absolute atomic E-state index is 0.380. The normalized spacial score (nSPS) is 31.9. The molecule has 118 valence electrons. The Bertz CT molecular complexity index is 279. The molecule has 0 spiro atoms. The van der Waals surface area contributed by atoms with Crippen molar-refractivity contribution in [1.82, 2.24) is 5.32 Å². The minimum atomic E-state index is 0.380. The third-order valence-electron chi connectivity index (χ3n) is 5.51. The summed E-state index contributed by atoms with van der Waals surface area (Å²) in [5, 5.41) is 3.80. The van der Waals surface area contributed by atoms with E-state index in [4.69, 9.17) is 4.74 Å². The van der Waals surface area contributed by atoms with E-state index in [-0.39, 0.29) is 0 Å². The molecular weight excluding hydrogens is 246 g/mol. The molecule has 2 rings (SSSR count). The highest BCUT2D eigenvalue weighted by Gasteiger charge is 2.41. The largest absolute Gasteiger partial charge is 0.377 e. The molecule has 2 bridgehead atoms. The van der Waals surface area contributed by atoms with Gasteiger partial charge < -0.3 is 10.1 Å². The summed E-state index contributed by atoms with van der Waals surface area (Å²) in [6, 6.07) is 0.555. The van der Waals surface area contributed by atoms with Gasteiger partial charge >= 0.3 is 0 Å². The van der Waals surface area contributed by atoms with Crippen molar-refractivity contribution in [2.24, 2.45) is 23.7 Å². The lowest BCUT2D eigenvalue weighted by Gasteiger charge is -2.34. The van der Waals surface area contributed by atoms with Gasteiger partial charge in [0.25, 0.3) is 0 Å². The summed E-state index contributed by atoms with van der Waals surface area (Å²) < 4.78 is 6.09. The van der Waals surface area contributed by atoms with Crippen LogP contribution in [0, 0.1) is 23.7 Å². The van der Waals surface area contributed by atoms with Crippen LogP contribution in [0.3, 0.4) is 0 Å². The highest BCUT2D eigenvalue weighted by atomic mass is 16.5. The summed E-state index contributed by atoms with van der Waals surface area (Å²) >= 11 is 0. The average molecular weight is 281 g/mol. The molecule has 2 saturated carbocycles. The van der Waals surface area contributed by atoms with E-state index in [0.717, 1.165) is 30.9 Å². The quantitative estimate of drug-likeness (QED) is 0.682. The van der Waals surface area contributed by atoms with Crippen molar-refractivity contribution >= 4 is 0 Å². The maximum atomic E-state index is 6.09. The van der Waals surface area contributed by atoms with E-state index in [1.54, 1.807) is 0 Å². The fourth-order valence-corrected chi connectivity index (χ4v) is 4.62. The lowest BCUT2D eigenvalue weighted by Crippen LogP contribution is -2.46. The SMILES string of the molecule is CCCNC(CC1CC2CCC1C2)C(OCC)C(C)C. The molecule has 1 N–H and O–H groups in total. The number of hydrogen-bond donors (Lipinski definition) is 1. The molecule has 20 heavy (non-hydrogen) atoms. The lowest BCUT2D eigenvalue weighted by molar-refractivity contribution is -0.00449. The smallest absolute Gasteiger partial charge is 0.0750 e. The van der Waals surface area contributed by atoms with Gasteiger partial charge in [-0.15, -0.1) is 0 Å². The van der Waals surface area contributed by atoms with E-state index >= 15 is 0 Å². The molecule has 0 aromatic heterocycles. The van der Waals surface area contributed by atoms with Gasteiger partial charge in [-0.3, -0.25) is 0 Å². The molecule has 0 amide bonds. The summed E-state index contributed by atoms with van der Waals surface area (Å²) in [6.45, 7) is 11.0. The molecule has 2 aliphatic carbocycles. The van der Waals surface area contributed by atoms with E-state index < -0.39 is 0 Å². The summed E-state index contributed by atoms with van der Waals surface area (Å²) in [7, 11) is 0. The second-order valence-corrected chi connectivity index (χ2v) is 7.40. The Labute approximate surface area is 126 Å². The maximum Gasteiger partial charge on any atom is 0.0750 e. The molecule has 0 aromatic rings. The van der Waals surface area contributed by atoms with Crippen LogP contribution in [-0.4, -0.2) is 25.3 Å².